The molecule has 16 heavy (non-hydrogen) atoms. The standard InChI is InChI=1S/C9H9F2NO4/c10-8(11)4-16-7-2-1-5(12-15)3-6(7)9(13)14/h1-3,8,12,15H,4H2,(H,13,14). The fourth-order valence-corrected chi connectivity index (χ4v) is 1.05. The van der Waals surface area contributed by atoms with Gasteiger partial charge in [-0.1, -0.05) is 0 Å². The molecule has 1 aromatic carbocycles. The normalized spacial score (nSPS) is 10.2. The van der Waals surface area contributed by atoms with Gasteiger partial charge in [0.15, 0.2) is 0 Å². The Morgan fingerprint density at radius 3 is 2.69 bits per heavy atom. The number of anilines is 1. The zero-order chi connectivity index (χ0) is 12.1. The van der Waals surface area contributed by atoms with E-state index < -0.39 is 19.0 Å². The average Bonchev–Trinajstić information content (AvgIpc) is 2.25. The maximum absolute atomic E-state index is 11.9. The Hall–Kier alpha value is -1.89. The minimum Gasteiger partial charge on any atom is -0.487 e. The summed E-state index contributed by atoms with van der Waals surface area (Å²) < 4.78 is 28.4. The van der Waals surface area contributed by atoms with E-state index >= 15 is 0 Å². The van der Waals surface area contributed by atoms with Gasteiger partial charge in [-0.05, 0) is 18.2 Å². The second-order valence-corrected chi connectivity index (χ2v) is 2.83. The Bertz CT molecular complexity index is 384. The summed E-state index contributed by atoms with van der Waals surface area (Å²) in [5.74, 6) is -1.51. The molecule has 0 aromatic heterocycles. The van der Waals surface area contributed by atoms with Crippen molar-refractivity contribution in [2.45, 2.75) is 6.43 Å². The largest absolute Gasteiger partial charge is 0.487 e. The number of rotatable bonds is 5. The van der Waals surface area contributed by atoms with E-state index in [1.165, 1.54) is 12.1 Å². The van der Waals surface area contributed by atoms with Gasteiger partial charge >= 0.3 is 5.97 Å². The lowest BCUT2D eigenvalue weighted by atomic mass is 10.2. The van der Waals surface area contributed by atoms with E-state index in [-0.39, 0.29) is 17.0 Å². The molecule has 0 aliphatic carbocycles. The van der Waals surface area contributed by atoms with Gasteiger partial charge in [0.1, 0.15) is 17.9 Å². The molecule has 0 saturated carbocycles. The predicted molar refractivity (Wildman–Crippen MR) is 50.3 cm³/mol. The first-order valence-corrected chi connectivity index (χ1v) is 4.23. The maximum Gasteiger partial charge on any atom is 0.339 e. The van der Waals surface area contributed by atoms with Crippen molar-refractivity contribution in [1.82, 2.24) is 0 Å². The highest BCUT2D eigenvalue weighted by atomic mass is 19.3. The minimum absolute atomic E-state index is 0.127. The predicted octanol–water partition coefficient (Wildman–Crippen LogP) is 1.83. The molecule has 1 rings (SSSR count). The summed E-state index contributed by atoms with van der Waals surface area (Å²) in [5, 5.41) is 17.3. The van der Waals surface area contributed by atoms with E-state index in [4.69, 9.17) is 10.3 Å². The molecular weight excluding hydrogens is 224 g/mol. The van der Waals surface area contributed by atoms with Crippen molar-refractivity contribution in [3.63, 3.8) is 0 Å². The van der Waals surface area contributed by atoms with Gasteiger partial charge in [0.2, 0.25) is 0 Å². The summed E-state index contributed by atoms with van der Waals surface area (Å²) in [6.07, 6.45) is -2.68. The van der Waals surface area contributed by atoms with Crippen LogP contribution >= 0.6 is 0 Å². The fraction of sp³-hybridized carbons (Fsp3) is 0.222. The van der Waals surface area contributed by atoms with Crippen LogP contribution in [0.4, 0.5) is 14.5 Å². The molecule has 0 amide bonds. The molecule has 0 atom stereocenters. The van der Waals surface area contributed by atoms with E-state index in [1.807, 2.05) is 0 Å². The number of hydrogen-bond acceptors (Lipinski definition) is 4. The molecule has 5 nitrogen and oxygen atoms in total. The van der Waals surface area contributed by atoms with Gasteiger partial charge in [-0.15, -0.1) is 0 Å². The van der Waals surface area contributed by atoms with E-state index in [2.05, 4.69) is 4.74 Å². The lowest BCUT2D eigenvalue weighted by Gasteiger charge is -2.09. The van der Waals surface area contributed by atoms with E-state index in [9.17, 15) is 13.6 Å². The third-order valence-electron chi connectivity index (χ3n) is 1.70. The van der Waals surface area contributed by atoms with Crippen LogP contribution in [0.15, 0.2) is 18.2 Å². The van der Waals surface area contributed by atoms with Crippen LogP contribution in [0, 0.1) is 0 Å². The first kappa shape index (κ1) is 12.2. The SMILES string of the molecule is O=C(O)c1cc(NO)ccc1OCC(F)F. The summed E-state index contributed by atoms with van der Waals surface area (Å²) in [6.45, 7) is -0.883. The van der Waals surface area contributed by atoms with Crippen LogP contribution in [0.5, 0.6) is 5.75 Å². The van der Waals surface area contributed by atoms with E-state index in [0.29, 0.717) is 0 Å². The van der Waals surface area contributed by atoms with Gasteiger partial charge in [0, 0.05) is 0 Å². The van der Waals surface area contributed by atoms with Gasteiger partial charge in [0.05, 0.1) is 5.69 Å². The number of halogens is 2. The van der Waals surface area contributed by atoms with Crippen LogP contribution in [-0.4, -0.2) is 29.3 Å². The van der Waals surface area contributed by atoms with Crippen LogP contribution in [0.2, 0.25) is 0 Å². The first-order chi connectivity index (χ1) is 7.54. The Labute approximate surface area is 89.2 Å². The number of alkyl halides is 2. The molecule has 0 radical (unpaired) electrons. The van der Waals surface area contributed by atoms with Crippen molar-refractivity contribution in [3.8, 4) is 5.75 Å². The molecular formula is C9H9F2NO4. The van der Waals surface area contributed by atoms with Crippen LogP contribution in [0.25, 0.3) is 0 Å². The van der Waals surface area contributed by atoms with Gasteiger partial charge in [-0.2, -0.15) is 0 Å². The third kappa shape index (κ3) is 3.06. The van der Waals surface area contributed by atoms with Crippen molar-refractivity contribution in [1.29, 1.82) is 0 Å². The highest BCUT2D eigenvalue weighted by Crippen LogP contribution is 2.23. The molecule has 0 fully saturated rings. The zero-order valence-corrected chi connectivity index (χ0v) is 7.98. The van der Waals surface area contributed by atoms with Crippen molar-refractivity contribution in [2.75, 3.05) is 12.1 Å². The highest BCUT2D eigenvalue weighted by Gasteiger charge is 2.14. The second kappa shape index (κ2) is 5.26. The maximum atomic E-state index is 11.9. The van der Waals surface area contributed by atoms with Crippen molar-refractivity contribution < 1.29 is 28.6 Å². The zero-order valence-electron chi connectivity index (χ0n) is 7.98. The average molecular weight is 233 g/mol. The van der Waals surface area contributed by atoms with Crippen LogP contribution in [0.1, 0.15) is 10.4 Å². The number of carbonyl (C=O) groups is 1. The van der Waals surface area contributed by atoms with Crippen LogP contribution in [-0.2, 0) is 0 Å². The third-order valence-corrected chi connectivity index (χ3v) is 1.70. The summed E-state index contributed by atoms with van der Waals surface area (Å²) in [5.41, 5.74) is 1.57. The Morgan fingerprint density at radius 1 is 1.50 bits per heavy atom. The number of nitrogens with one attached hydrogen (secondary N) is 1. The van der Waals surface area contributed by atoms with E-state index in [1.54, 1.807) is 5.48 Å². The molecule has 7 heteroatoms. The van der Waals surface area contributed by atoms with Gasteiger partial charge in [-0.25, -0.2) is 13.6 Å². The molecule has 3 N–H and O–H groups in total. The number of hydrogen-bond donors (Lipinski definition) is 3. The van der Waals surface area contributed by atoms with E-state index in [0.717, 1.165) is 6.07 Å². The number of benzene rings is 1. The monoisotopic (exact) mass is 233 g/mol. The fourth-order valence-electron chi connectivity index (χ4n) is 1.05. The number of carboxylic acid groups (broad SMARTS) is 1. The Morgan fingerprint density at radius 2 is 2.19 bits per heavy atom. The quantitative estimate of drug-likeness (QED) is 0.676. The summed E-state index contributed by atoms with van der Waals surface area (Å²) in [7, 11) is 0. The smallest absolute Gasteiger partial charge is 0.339 e. The van der Waals surface area contributed by atoms with Crippen molar-refractivity contribution >= 4 is 11.7 Å². The van der Waals surface area contributed by atoms with Crippen LogP contribution < -0.4 is 10.2 Å². The molecule has 88 valence electrons. The number of aromatic carboxylic acids is 1. The molecule has 0 unspecified atom stereocenters. The molecule has 0 spiro atoms. The van der Waals surface area contributed by atoms with Crippen LogP contribution in [0.3, 0.4) is 0 Å². The van der Waals surface area contributed by atoms with Crippen molar-refractivity contribution in [3.05, 3.63) is 23.8 Å². The molecule has 1 aromatic rings. The highest BCUT2D eigenvalue weighted by molar-refractivity contribution is 5.92. The van der Waals surface area contributed by atoms with Gasteiger partial charge in [-0.3, -0.25) is 10.7 Å². The molecule has 0 heterocycles. The number of carboxylic acids is 1. The second-order valence-electron chi connectivity index (χ2n) is 2.83. The summed E-state index contributed by atoms with van der Waals surface area (Å²) in [4.78, 5) is 10.8. The minimum atomic E-state index is -2.68. The lowest BCUT2D eigenvalue weighted by molar-refractivity contribution is 0.0664. The molecule has 0 bridgehead atoms. The lowest BCUT2D eigenvalue weighted by Crippen LogP contribution is -2.10. The summed E-state index contributed by atoms with van der Waals surface area (Å²) >= 11 is 0. The Balaban J connectivity index is 2.94. The summed E-state index contributed by atoms with van der Waals surface area (Å²) in [6, 6.07) is 3.56. The Kier molecular flexibility index (Phi) is 4.01. The number of ether oxygens (including phenoxy) is 1. The van der Waals surface area contributed by atoms with Gasteiger partial charge in [0.25, 0.3) is 6.43 Å². The van der Waals surface area contributed by atoms with Gasteiger partial charge < -0.3 is 9.84 Å². The molecule has 0 aliphatic rings. The molecule has 0 aliphatic heterocycles. The van der Waals surface area contributed by atoms with Crippen molar-refractivity contribution in [2.24, 2.45) is 0 Å². The topological polar surface area (TPSA) is 78.8 Å². The molecule has 0 saturated heterocycles. The first-order valence-electron chi connectivity index (χ1n) is 4.23.